The molecular formula is C10H15N3O3. The number of carboxylic acid groups (broad SMARTS) is 1. The Morgan fingerprint density at radius 2 is 2.31 bits per heavy atom. The Hall–Kier alpha value is -1.40. The lowest BCUT2D eigenvalue weighted by Gasteiger charge is -2.23. The predicted octanol–water partition coefficient (Wildman–Crippen LogP) is -0.439. The maximum atomic E-state index is 11.0. The highest BCUT2D eigenvalue weighted by Gasteiger charge is 2.26. The van der Waals surface area contributed by atoms with Gasteiger partial charge in [0.25, 0.3) is 0 Å². The average molecular weight is 225 g/mol. The van der Waals surface area contributed by atoms with E-state index in [2.05, 4.69) is 10.00 Å². The Balaban J connectivity index is 2.44. The number of likely N-dealkylation sites (N-methyl/N-ethyl adjacent to an activating group) is 1. The highest BCUT2D eigenvalue weighted by molar-refractivity contribution is 5.87. The number of rotatable bonds is 3. The van der Waals surface area contributed by atoms with Crippen molar-refractivity contribution in [2.75, 3.05) is 20.2 Å². The Bertz CT molecular complexity index is 414. The first-order valence-electron chi connectivity index (χ1n) is 5.24. The van der Waals surface area contributed by atoms with Gasteiger partial charge >= 0.3 is 5.97 Å². The van der Waals surface area contributed by atoms with Crippen molar-refractivity contribution in [1.29, 1.82) is 0 Å². The van der Waals surface area contributed by atoms with E-state index in [1.165, 1.54) is 0 Å². The Morgan fingerprint density at radius 1 is 1.56 bits per heavy atom. The minimum atomic E-state index is -0.988. The lowest BCUT2D eigenvalue weighted by molar-refractivity contribution is 0.0687. The normalized spacial score (nSPS) is 16.1. The number of carboxylic acids is 1. The van der Waals surface area contributed by atoms with Crippen LogP contribution in [-0.2, 0) is 19.5 Å². The molecule has 6 nitrogen and oxygen atoms in total. The summed E-state index contributed by atoms with van der Waals surface area (Å²) in [6, 6.07) is 0. The summed E-state index contributed by atoms with van der Waals surface area (Å²) in [5.74, 6) is -0.988. The first-order valence-corrected chi connectivity index (χ1v) is 5.24. The van der Waals surface area contributed by atoms with E-state index >= 15 is 0 Å². The molecule has 2 rings (SSSR count). The van der Waals surface area contributed by atoms with Gasteiger partial charge in [-0.05, 0) is 13.5 Å². The summed E-state index contributed by atoms with van der Waals surface area (Å²) in [4.78, 5) is 13.1. The van der Waals surface area contributed by atoms with Gasteiger partial charge in [-0.25, -0.2) is 4.79 Å². The molecule has 0 aliphatic carbocycles. The molecule has 2 N–H and O–H groups in total. The zero-order valence-electron chi connectivity index (χ0n) is 9.18. The van der Waals surface area contributed by atoms with Crippen molar-refractivity contribution in [3.8, 4) is 0 Å². The first kappa shape index (κ1) is 11.1. The molecule has 1 aromatic rings. The number of nitrogens with zero attached hydrogens (tertiary/aromatic N) is 3. The third-order valence-electron chi connectivity index (χ3n) is 2.84. The molecule has 0 saturated carbocycles. The maximum absolute atomic E-state index is 11.0. The van der Waals surface area contributed by atoms with Gasteiger partial charge in [0.15, 0.2) is 5.69 Å². The molecule has 88 valence electrons. The minimum Gasteiger partial charge on any atom is -0.476 e. The number of aliphatic hydroxyl groups excluding tert-OH is 1. The molecule has 0 aromatic carbocycles. The second kappa shape index (κ2) is 4.23. The van der Waals surface area contributed by atoms with Crippen LogP contribution in [0.5, 0.6) is 0 Å². The van der Waals surface area contributed by atoms with Crippen LogP contribution in [0, 0.1) is 0 Å². The number of hydrogen-bond donors (Lipinski definition) is 2. The standard InChI is InChI=1S/C10H15N3O3/c1-12-3-2-7-8(6-12)13(4-5-14)11-9(7)10(15)16/h14H,2-6H2,1H3,(H,15,16). The third-order valence-corrected chi connectivity index (χ3v) is 2.84. The number of aliphatic hydroxyl groups is 1. The second-order valence-corrected chi connectivity index (χ2v) is 4.01. The van der Waals surface area contributed by atoms with Crippen LogP contribution >= 0.6 is 0 Å². The van der Waals surface area contributed by atoms with Crippen molar-refractivity contribution in [3.05, 3.63) is 17.0 Å². The molecule has 0 saturated heterocycles. The van der Waals surface area contributed by atoms with Gasteiger partial charge in [0.05, 0.1) is 18.8 Å². The number of aromatic carboxylic acids is 1. The predicted molar refractivity (Wildman–Crippen MR) is 56.3 cm³/mol. The van der Waals surface area contributed by atoms with Crippen molar-refractivity contribution >= 4 is 5.97 Å². The van der Waals surface area contributed by atoms with Crippen LogP contribution in [0.2, 0.25) is 0 Å². The molecule has 1 aliphatic heterocycles. The zero-order valence-corrected chi connectivity index (χ0v) is 9.18. The van der Waals surface area contributed by atoms with E-state index in [1.54, 1.807) is 4.68 Å². The number of fused-ring (bicyclic) bond motifs is 1. The molecule has 1 aromatic heterocycles. The third kappa shape index (κ3) is 1.81. The van der Waals surface area contributed by atoms with Gasteiger partial charge in [0.2, 0.25) is 0 Å². The van der Waals surface area contributed by atoms with Crippen molar-refractivity contribution < 1.29 is 15.0 Å². The first-order chi connectivity index (χ1) is 7.63. The fourth-order valence-corrected chi connectivity index (χ4v) is 2.06. The van der Waals surface area contributed by atoms with Crippen LogP contribution < -0.4 is 0 Å². The summed E-state index contributed by atoms with van der Waals surface area (Å²) in [7, 11) is 1.99. The molecule has 0 fully saturated rings. The zero-order chi connectivity index (χ0) is 11.7. The summed E-state index contributed by atoms with van der Waals surface area (Å²) in [5, 5.41) is 22.0. The average Bonchev–Trinajstić information content (AvgIpc) is 2.58. The number of aromatic nitrogens is 2. The molecule has 0 amide bonds. The van der Waals surface area contributed by atoms with E-state index in [4.69, 9.17) is 10.2 Å². The van der Waals surface area contributed by atoms with Gasteiger partial charge in [-0.15, -0.1) is 0 Å². The summed E-state index contributed by atoms with van der Waals surface area (Å²) in [6.45, 7) is 1.86. The SMILES string of the molecule is CN1CCc2c(C(=O)O)nn(CCO)c2C1. The van der Waals surface area contributed by atoms with E-state index in [1.807, 2.05) is 7.05 Å². The highest BCUT2D eigenvalue weighted by atomic mass is 16.4. The number of carbonyl (C=O) groups is 1. The molecule has 0 atom stereocenters. The van der Waals surface area contributed by atoms with Crippen LogP contribution in [0.1, 0.15) is 21.7 Å². The molecule has 6 heteroatoms. The molecule has 0 radical (unpaired) electrons. The van der Waals surface area contributed by atoms with Crippen molar-refractivity contribution in [3.63, 3.8) is 0 Å². The van der Waals surface area contributed by atoms with Gasteiger partial charge in [-0.1, -0.05) is 0 Å². The largest absolute Gasteiger partial charge is 0.476 e. The molecule has 2 heterocycles. The summed E-state index contributed by atoms with van der Waals surface area (Å²) < 4.78 is 1.61. The van der Waals surface area contributed by atoms with Gasteiger partial charge in [0.1, 0.15) is 0 Å². The Labute approximate surface area is 93.1 Å². The lowest BCUT2D eigenvalue weighted by atomic mass is 10.0. The van der Waals surface area contributed by atoms with Gasteiger partial charge in [0, 0.05) is 18.7 Å². The molecule has 0 bridgehead atoms. The van der Waals surface area contributed by atoms with E-state index in [0.717, 1.165) is 17.8 Å². The van der Waals surface area contributed by atoms with E-state index in [0.29, 0.717) is 19.5 Å². The molecule has 0 unspecified atom stereocenters. The van der Waals surface area contributed by atoms with Gasteiger partial charge in [-0.2, -0.15) is 5.10 Å². The monoisotopic (exact) mass is 225 g/mol. The van der Waals surface area contributed by atoms with E-state index in [9.17, 15) is 4.79 Å². The Morgan fingerprint density at radius 3 is 2.94 bits per heavy atom. The highest BCUT2D eigenvalue weighted by Crippen LogP contribution is 2.21. The van der Waals surface area contributed by atoms with E-state index < -0.39 is 5.97 Å². The number of hydrogen-bond acceptors (Lipinski definition) is 4. The minimum absolute atomic E-state index is 0.0309. The smallest absolute Gasteiger partial charge is 0.356 e. The van der Waals surface area contributed by atoms with Crippen LogP contribution in [0.25, 0.3) is 0 Å². The van der Waals surface area contributed by atoms with E-state index in [-0.39, 0.29) is 12.3 Å². The van der Waals surface area contributed by atoms with Crippen molar-refractivity contribution in [1.82, 2.24) is 14.7 Å². The second-order valence-electron chi connectivity index (χ2n) is 4.01. The summed E-state index contributed by atoms with van der Waals surface area (Å²) >= 11 is 0. The fraction of sp³-hybridized carbons (Fsp3) is 0.600. The maximum Gasteiger partial charge on any atom is 0.356 e. The Kier molecular flexibility index (Phi) is 2.93. The van der Waals surface area contributed by atoms with Gasteiger partial charge in [-0.3, -0.25) is 4.68 Å². The van der Waals surface area contributed by atoms with Gasteiger partial charge < -0.3 is 15.1 Å². The molecule has 16 heavy (non-hydrogen) atoms. The topological polar surface area (TPSA) is 78.6 Å². The molecule has 1 aliphatic rings. The molecule has 0 spiro atoms. The summed E-state index contributed by atoms with van der Waals surface area (Å²) in [5.41, 5.74) is 1.87. The summed E-state index contributed by atoms with van der Waals surface area (Å²) in [6.07, 6.45) is 0.707. The van der Waals surface area contributed by atoms with Crippen LogP contribution in [-0.4, -0.2) is 51.1 Å². The fourth-order valence-electron chi connectivity index (χ4n) is 2.06. The van der Waals surface area contributed by atoms with Crippen molar-refractivity contribution in [2.45, 2.75) is 19.5 Å². The van der Waals surface area contributed by atoms with Crippen LogP contribution in [0.15, 0.2) is 0 Å². The molecular weight excluding hydrogens is 210 g/mol. The van der Waals surface area contributed by atoms with Crippen LogP contribution in [0.4, 0.5) is 0 Å². The van der Waals surface area contributed by atoms with Crippen LogP contribution in [0.3, 0.4) is 0 Å². The van der Waals surface area contributed by atoms with Crippen molar-refractivity contribution in [2.24, 2.45) is 0 Å². The lowest BCUT2D eigenvalue weighted by Crippen LogP contribution is -2.28. The quantitative estimate of drug-likeness (QED) is 0.729.